The fraction of sp³-hybridized carbons (Fsp3) is 0.462. The number of nitrogens with zero attached hydrogens (tertiary/aromatic N) is 1. The van der Waals surface area contributed by atoms with Gasteiger partial charge in [0.1, 0.15) is 5.82 Å². The zero-order valence-electron chi connectivity index (χ0n) is 10.9. The number of rotatable bonds is 5. The lowest BCUT2D eigenvalue weighted by Gasteiger charge is -2.20. The van der Waals surface area contributed by atoms with Crippen LogP contribution in [0.1, 0.15) is 19.4 Å². The molecule has 1 aromatic rings. The van der Waals surface area contributed by atoms with Gasteiger partial charge in [-0.3, -0.25) is 4.79 Å². The van der Waals surface area contributed by atoms with Gasteiger partial charge in [0.15, 0.2) is 0 Å². The van der Waals surface area contributed by atoms with Crippen LogP contribution in [0, 0.1) is 5.82 Å². The molecule has 0 saturated heterocycles. The molecule has 0 atom stereocenters. The predicted octanol–water partition coefficient (Wildman–Crippen LogP) is 1.28. The van der Waals surface area contributed by atoms with Crippen molar-refractivity contribution in [1.82, 2.24) is 5.32 Å². The summed E-state index contributed by atoms with van der Waals surface area (Å²) in [6.07, 6.45) is 0. The number of carbonyl (C=O) groups excluding carboxylic acids is 1. The third-order valence-electron chi connectivity index (χ3n) is 2.44. The van der Waals surface area contributed by atoms with Gasteiger partial charge in [-0.25, -0.2) is 4.39 Å². The lowest BCUT2D eigenvalue weighted by molar-refractivity contribution is -0.120. The Morgan fingerprint density at radius 2 is 2.17 bits per heavy atom. The van der Waals surface area contributed by atoms with Gasteiger partial charge in [-0.15, -0.1) is 0 Å². The topological polar surface area (TPSA) is 52.6 Å². The van der Waals surface area contributed by atoms with E-state index in [0.29, 0.717) is 11.3 Å². The summed E-state index contributed by atoms with van der Waals surface area (Å²) in [5.74, 6) is -0.598. The van der Waals surface area contributed by atoms with Crippen LogP contribution in [0.3, 0.4) is 0 Å². The molecule has 0 spiro atoms. The van der Waals surface area contributed by atoms with Crippen LogP contribution in [-0.2, 0) is 11.4 Å². The molecule has 0 aliphatic rings. The average molecular weight is 254 g/mol. The molecule has 0 aliphatic carbocycles. The first-order valence-corrected chi connectivity index (χ1v) is 5.83. The standard InChI is InChI=1S/C13H19FN2O2/c1-9(2)15-13(18)7-16(3)12-5-4-10(8-17)6-11(12)14/h4-6,9,17H,7-8H2,1-3H3,(H,15,18). The molecule has 0 aliphatic heterocycles. The predicted molar refractivity (Wildman–Crippen MR) is 68.9 cm³/mol. The lowest BCUT2D eigenvalue weighted by atomic mass is 10.2. The van der Waals surface area contributed by atoms with Crippen LogP contribution in [0.25, 0.3) is 0 Å². The van der Waals surface area contributed by atoms with E-state index in [1.807, 2.05) is 13.8 Å². The number of aliphatic hydroxyl groups is 1. The van der Waals surface area contributed by atoms with Crippen molar-refractivity contribution in [2.75, 3.05) is 18.5 Å². The number of anilines is 1. The Kier molecular flexibility index (Phi) is 5.09. The molecule has 0 saturated carbocycles. The zero-order valence-corrected chi connectivity index (χ0v) is 10.9. The molecule has 5 heteroatoms. The van der Waals surface area contributed by atoms with Gasteiger partial charge in [-0.2, -0.15) is 0 Å². The summed E-state index contributed by atoms with van der Waals surface area (Å²) in [6, 6.07) is 4.53. The number of carbonyl (C=O) groups is 1. The highest BCUT2D eigenvalue weighted by molar-refractivity contribution is 5.81. The number of hydrogen-bond donors (Lipinski definition) is 2. The van der Waals surface area contributed by atoms with Crippen LogP contribution >= 0.6 is 0 Å². The van der Waals surface area contributed by atoms with E-state index >= 15 is 0 Å². The van der Waals surface area contributed by atoms with Gasteiger partial charge < -0.3 is 15.3 Å². The Labute approximate surface area is 106 Å². The van der Waals surface area contributed by atoms with E-state index in [9.17, 15) is 9.18 Å². The number of likely N-dealkylation sites (N-methyl/N-ethyl adjacent to an activating group) is 1. The number of halogens is 1. The molecular weight excluding hydrogens is 235 g/mol. The van der Waals surface area contributed by atoms with Gasteiger partial charge in [0, 0.05) is 13.1 Å². The molecule has 0 heterocycles. The number of nitrogens with one attached hydrogen (secondary N) is 1. The molecule has 1 amide bonds. The highest BCUT2D eigenvalue weighted by atomic mass is 19.1. The van der Waals surface area contributed by atoms with E-state index in [0.717, 1.165) is 0 Å². The molecule has 0 radical (unpaired) electrons. The van der Waals surface area contributed by atoms with Crippen LogP contribution in [0.5, 0.6) is 0 Å². The normalized spacial score (nSPS) is 10.6. The Balaban J connectivity index is 2.72. The largest absolute Gasteiger partial charge is 0.392 e. The summed E-state index contributed by atoms with van der Waals surface area (Å²) >= 11 is 0. The van der Waals surface area contributed by atoms with Gasteiger partial charge in [0.2, 0.25) is 5.91 Å². The second kappa shape index (κ2) is 6.35. The summed E-state index contributed by atoms with van der Waals surface area (Å²) < 4.78 is 13.7. The summed E-state index contributed by atoms with van der Waals surface area (Å²) in [5.41, 5.74) is 0.849. The van der Waals surface area contributed by atoms with E-state index in [1.165, 1.54) is 11.0 Å². The number of amides is 1. The van der Waals surface area contributed by atoms with Crippen molar-refractivity contribution in [3.8, 4) is 0 Å². The van der Waals surface area contributed by atoms with Crippen molar-refractivity contribution in [1.29, 1.82) is 0 Å². The fourth-order valence-corrected chi connectivity index (χ4v) is 1.63. The summed E-state index contributed by atoms with van der Waals surface area (Å²) in [5, 5.41) is 11.6. The van der Waals surface area contributed by atoms with Gasteiger partial charge >= 0.3 is 0 Å². The molecule has 100 valence electrons. The highest BCUT2D eigenvalue weighted by Gasteiger charge is 2.12. The van der Waals surface area contributed by atoms with Crippen LogP contribution < -0.4 is 10.2 Å². The molecule has 4 nitrogen and oxygen atoms in total. The van der Waals surface area contributed by atoms with Crippen molar-refractivity contribution in [3.63, 3.8) is 0 Å². The Hall–Kier alpha value is -1.62. The van der Waals surface area contributed by atoms with Gasteiger partial charge in [-0.05, 0) is 31.5 Å². The van der Waals surface area contributed by atoms with E-state index < -0.39 is 5.82 Å². The van der Waals surface area contributed by atoms with Gasteiger partial charge in [0.05, 0.1) is 18.8 Å². The molecule has 2 N–H and O–H groups in total. The lowest BCUT2D eigenvalue weighted by Crippen LogP contribution is -2.38. The summed E-state index contributed by atoms with van der Waals surface area (Å²) in [6.45, 7) is 3.63. The Morgan fingerprint density at radius 3 is 2.67 bits per heavy atom. The molecule has 0 bridgehead atoms. The SMILES string of the molecule is CC(C)NC(=O)CN(C)c1ccc(CO)cc1F. The van der Waals surface area contributed by atoms with Crippen molar-refractivity contribution >= 4 is 11.6 Å². The molecule has 0 unspecified atom stereocenters. The van der Waals surface area contributed by atoms with Crippen LogP contribution in [0.4, 0.5) is 10.1 Å². The average Bonchev–Trinajstić information content (AvgIpc) is 2.27. The monoisotopic (exact) mass is 254 g/mol. The third-order valence-corrected chi connectivity index (χ3v) is 2.44. The van der Waals surface area contributed by atoms with E-state index in [4.69, 9.17) is 5.11 Å². The first kappa shape index (κ1) is 14.4. The van der Waals surface area contributed by atoms with Gasteiger partial charge in [-0.1, -0.05) is 6.07 Å². The minimum absolute atomic E-state index is 0.0625. The first-order chi connectivity index (χ1) is 8.43. The second-order valence-electron chi connectivity index (χ2n) is 4.52. The van der Waals surface area contributed by atoms with Crippen molar-refractivity contribution in [2.24, 2.45) is 0 Å². The quantitative estimate of drug-likeness (QED) is 0.832. The van der Waals surface area contributed by atoms with Crippen LogP contribution in [-0.4, -0.2) is 30.6 Å². The maximum atomic E-state index is 13.7. The summed E-state index contributed by atoms with van der Waals surface area (Å²) in [7, 11) is 1.65. The maximum Gasteiger partial charge on any atom is 0.239 e. The number of aliphatic hydroxyl groups excluding tert-OH is 1. The molecule has 0 aromatic heterocycles. The smallest absolute Gasteiger partial charge is 0.239 e. The maximum absolute atomic E-state index is 13.7. The highest BCUT2D eigenvalue weighted by Crippen LogP contribution is 2.19. The number of benzene rings is 1. The summed E-state index contributed by atoms with van der Waals surface area (Å²) in [4.78, 5) is 13.1. The minimum atomic E-state index is -0.443. The molecule has 18 heavy (non-hydrogen) atoms. The number of hydrogen-bond acceptors (Lipinski definition) is 3. The van der Waals surface area contributed by atoms with E-state index in [2.05, 4.69) is 5.32 Å². The first-order valence-electron chi connectivity index (χ1n) is 5.83. The van der Waals surface area contributed by atoms with E-state index in [1.54, 1.807) is 19.2 Å². The minimum Gasteiger partial charge on any atom is -0.392 e. The van der Waals surface area contributed by atoms with Crippen LogP contribution in [0.2, 0.25) is 0 Å². The Morgan fingerprint density at radius 1 is 1.50 bits per heavy atom. The second-order valence-corrected chi connectivity index (χ2v) is 4.52. The Bertz CT molecular complexity index is 421. The van der Waals surface area contributed by atoms with E-state index in [-0.39, 0.29) is 25.1 Å². The van der Waals surface area contributed by atoms with Gasteiger partial charge in [0.25, 0.3) is 0 Å². The van der Waals surface area contributed by atoms with Crippen LogP contribution in [0.15, 0.2) is 18.2 Å². The zero-order chi connectivity index (χ0) is 13.7. The van der Waals surface area contributed by atoms with Crippen molar-refractivity contribution in [2.45, 2.75) is 26.5 Å². The van der Waals surface area contributed by atoms with Crippen molar-refractivity contribution in [3.05, 3.63) is 29.6 Å². The molecule has 1 rings (SSSR count). The fourth-order valence-electron chi connectivity index (χ4n) is 1.63. The third kappa shape index (κ3) is 4.00. The molecular formula is C13H19FN2O2. The van der Waals surface area contributed by atoms with Crippen molar-refractivity contribution < 1.29 is 14.3 Å². The molecule has 0 fully saturated rings. The molecule has 1 aromatic carbocycles.